The van der Waals surface area contributed by atoms with Crippen molar-refractivity contribution in [3.63, 3.8) is 0 Å². The number of hydrogen-bond acceptors (Lipinski definition) is 1. The van der Waals surface area contributed by atoms with Crippen molar-refractivity contribution in [1.82, 2.24) is 0 Å². The summed E-state index contributed by atoms with van der Waals surface area (Å²) in [5.41, 5.74) is 4.97. The van der Waals surface area contributed by atoms with Crippen molar-refractivity contribution in [3.05, 3.63) is 46.6 Å². The van der Waals surface area contributed by atoms with Gasteiger partial charge in [0.25, 0.3) is 0 Å². The van der Waals surface area contributed by atoms with Crippen molar-refractivity contribution in [1.29, 1.82) is 0 Å². The van der Waals surface area contributed by atoms with Crippen LogP contribution in [0.1, 0.15) is 60.8 Å². The molecule has 2 atom stereocenters. The zero-order valence-corrected chi connectivity index (χ0v) is 14.5. The van der Waals surface area contributed by atoms with E-state index in [9.17, 15) is 4.79 Å². The molecule has 0 saturated heterocycles. The van der Waals surface area contributed by atoms with Gasteiger partial charge in [-0.15, -0.1) is 0 Å². The second-order valence-corrected chi connectivity index (χ2v) is 6.96. The first kappa shape index (κ1) is 17.7. The molecule has 0 amide bonds. The Kier molecular flexibility index (Phi) is 6.39. The monoisotopic (exact) mass is 286 g/mol. The van der Waals surface area contributed by atoms with Crippen LogP contribution in [-0.4, -0.2) is 6.29 Å². The van der Waals surface area contributed by atoms with E-state index in [-0.39, 0.29) is 5.41 Å². The van der Waals surface area contributed by atoms with Crippen LogP contribution in [0.5, 0.6) is 0 Å². The molecular formula is C20H30O. The quantitative estimate of drug-likeness (QED) is 0.445. The molecule has 0 aromatic heterocycles. The van der Waals surface area contributed by atoms with E-state index < -0.39 is 0 Å². The van der Waals surface area contributed by atoms with E-state index in [1.54, 1.807) is 0 Å². The first-order chi connectivity index (χ1) is 9.81. The molecule has 2 unspecified atom stereocenters. The standard InChI is InChI=1S/C20H30O/c1-15(2)8-7-13-20(6)18(14-21)11-10-17(5)19(20)12-9-16(3)4/h8-11,14,19H,7,12-13H2,1-6H3. The molecule has 0 fully saturated rings. The fourth-order valence-electron chi connectivity index (χ4n) is 3.18. The third-order valence-corrected chi connectivity index (χ3v) is 4.61. The number of aldehydes is 1. The normalized spacial score (nSPS) is 24.8. The van der Waals surface area contributed by atoms with E-state index in [1.807, 2.05) is 6.08 Å². The summed E-state index contributed by atoms with van der Waals surface area (Å²) in [6.45, 7) is 13.0. The van der Waals surface area contributed by atoms with Gasteiger partial charge in [0.1, 0.15) is 6.29 Å². The van der Waals surface area contributed by atoms with E-state index in [0.717, 1.165) is 31.1 Å². The molecule has 21 heavy (non-hydrogen) atoms. The zero-order valence-electron chi connectivity index (χ0n) is 14.5. The molecule has 1 aliphatic rings. The maximum atomic E-state index is 11.5. The summed E-state index contributed by atoms with van der Waals surface area (Å²) in [6.07, 6.45) is 12.8. The highest BCUT2D eigenvalue weighted by Crippen LogP contribution is 2.47. The molecule has 0 heterocycles. The molecule has 0 bridgehead atoms. The zero-order chi connectivity index (χ0) is 16.0. The number of hydrogen-bond donors (Lipinski definition) is 0. The van der Waals surface area contributed by atoms with Gasteiger partial charge < -0.3 is 0 Å². The van der Waals surface area contributed by atoms with Crippen LogP contribution in [0.15, 0.2) is 46.6 Å². The van der Waals surface area contributed by atoms with E-state index in [1.165, 1.54) is 16.7 Å². The van der Waals surface area contributed by atoms with E-state index in [0.29, 0.717) is 5.92 Å². The Labute approximate surface area is 130 Å². The van der Waals surface area contributed by atoms with Crippen molar-refractivity contribution in [3.8, 4) is 0 Å². The molecule has 1 nitrogen and oxygen atoms in total. The van der Waals surface area contributed by atoms with Crippen LogP contribution in [0.3, 0.4) is 0 Å². The van der Waals surface area contributed by atoms with Crippen molar-refractivity contribution >= 4 is 6.29 Å². The van der Waals surface area contributed by atoms with Crippen LogP contribution < -0.4 is 0 Å². The number of carbonyl (C=O) groups excluding carboxylic acids is 1. The van der Waals surface area contributed by atoms with Gasteiger partial charge >= 0.3 is 0 Å². The number of rotatable bonds is 6. The summed E-state index contributed by atoms with van der Waals surface area (Å²) in [4.78, 5) is 11.5. The molecular weight excluding hydrogens is 256 g/mol. The fourth-order valence-corrected chi connectivity index (χ4v) is 3.18. The van der Waals surface area contributed by atoms with Crippen molar-refractivity contribution < 1.29 is 4.79 Å². The third-order valence-electron chi connectivity index (χ3n) is 4.61. The van der Waals surface area contributed by atoms with E-state index in [4.69, 9.17) is 0 Å². The minimum atomic E-state index is -0.0571. The molecule has 0 saturated carbocycles. The molecule has 0 aromatic rings. The molecule has 0 aromatic carbocycles. The molecule has 0 spiro atoms. The fraction of sp³-hybridized carbons (Fsp3) is 0.550. The smallest absolute Gasteiger partial charge is 0.146 e. The summed E-state index contributed by atoms with van der Waals surface area (Å²) in [7, 11) is 0. The second kappa shape index (κ2) is 7.59. The van der Waals surface area contributed by atoms with Gasteiger partial charge in [-0.25, -0.2) is 0 Å². The van der Waals surface area contributed by atoms with Crippen LogP contribution in [0.2, 0.25) is 0 Å². The summed E-state index contributed by atoms with van der Waals surface area (Å²) < 4.78 is 0. The lowest BCUT2D eigenvalue weighted by molar-refractivity contribution is -0.106. The average molecular weight is 286 g/mol. The van der Waals surface area contributed by atoms with Crippen molar-refractivity contribution in [2.45, 2.75) is 60.8 Å². The molecule has 1 aliphatic carbocycles. The van der Waals surface area contributed by atoms with Gasteiger partial charge in [-0.05, 0) is 65.4 Å². The highest BCUT2D eigenvalue weighted by Gasteiger charge is 2.38. The van der Waals surface area contributed by atoms with Crippen molar-refractivity contribution in [2.24, 2.45) is 11.3 Å². The highest BCUT2D eigenvalue weighted by atomic mass is 16.1. The predicted octanol–water partition coefficient (Wildman–Crippen LogP) is 5.80. The van der Waals surface area contributed by atoms with E-state index in [2.05, 4.69) is 59.8 Å². The summed E-state index contributed by atoms with van der Waals surface area (Å²) in [5.74, 6) is 0.420. The van der Waals surface area contributed by atoms with Crippen LogP contribution in [0.25, 0.3) is 0 Å². The third kappa shape index (κ3) is 4.56. The highest BCUT2D eigenvalue weighted by molar-refractivity contribution is 5.77. The van der Waals surface area contributed by atoms with Crippen LogP contribution in [0, 0.1) is 11.3 Å². The number of carbonyl (C=O) groups is 1. The lowest BCUT2D eigenvalue weighted by atomic mass is 9.62. The lowest BCUT2D eigenvalue weighted by Crippen LogP contribution is -2.33. The maximum Gasteiger partial charge on any atom is 0.146 e. The van der Waals surface area contributed by atoms with Gasteiger partial charge in [-0.3, -0.25) is 4.79 Å². The lowest BCUT2D eigenvalue weighted by Gasteiger charge is -2.41. The minimum absolute atomic E-state index is 0.0571. The number of allylic oxidation sites excluding steroid dienone is 8. The topological polar surface area (TPSA) is 17.1 Å². The summed E-state index contributed by atoms with van der Waals surface area (Å²) in [5, 5.41) is 0. The Hall–Kier alpha value is -1.37. The summed E-state index contributed by atoms with van der Waals surface area (Å²) in [6, 6.07) is 0. The first-order valence-corrected chi connectivity index (χ1v) is 7.92. The minimum Gasteiger partial charge on any atom is -0.298 e. The van der Waals surface area contributed by atoms with Gasteiger partial charge in [0.05, 0.1) is 0 Å². The molecule has 1 heteroatoms. The molecule has 1 rings (SSSR count). The molecule has 0 aliphatic heterocycles. The Morgan fingerprint density at radius 2 is 1.76 bits per heavy atom. The van der Waals surface area contributed by atoms with Gasteiger partial charge in [0.15, 0.2) is 0 Å². The molecule has 116 valence electrons. The Bertz CT molecular complexity index is 494. The SMILES string of the molecule is CC(C)=CCCC1(C)C(C=O)=CC=C(C)C1CC=C(C)C. The van der Waals surface area contributed by atoms with Crippen LogP contribution in [0.4, 0.5) is 0 Å². The Morgan fingerprint density at radius 1 is 1.14 bits per heavy atom. The van der Waals surface area contributed by atoms with Crippen molar-refractivity contribution in [2.75, 3.05) is 0 Å². The predicted molar refractivity (Wildman–Crippen MR) is 92.2 cm³/mol. The Morgan fingerprint density at radius 3 is 2.29 bits per heavy atom. The van der Waals surface area contributed by atoms with Gasteiger partial charge in [0, 0.05) is 5.41 Å². The summed E-state index contributed by atoms with van der Waals surface area (Å²) >= 11 is 0. The largest absolute Gasteiger partial charge is 0.298 e. The maximum absolute atomic E-state index is 11.5. The van der Waals surface area contributed by atoms with Gasteiger partial charge in [0.2, 0.25) is 0 Å². The first-order valence-electron chi connectivity index (χ1n) is 7.92. The van der Waals surface area contributed by atoms with Gasteiger partial charge in [-0.1, -0.05) is 47.9 Å². The average Bonchev–Trinajstić information content (AvgIpc) is 2.37. The van der Waals surface area contributed by atoms with Gasteiger partial charge in [-0.2, -0.15) is 0 Å². The molecule has 0 radical (unpaired) electrons. The van der Waals surface area contributed by atoms with Crippen LogP contribution in [-0.2, 0) is 4.79 Å². The molecule has 0 N–H and O–H groups in total. The van der Waals surface area contributed by atoms with E-state index >= 15 is 0 Å². The van der Waals surface area contributed by atoms with Crippen LogP contribution >= 0.6 is 0 Å². The second-order valence-electron chi connectivity index (χ2n) is 6.96. The Balaban J connectivity index is 3.07.